The summed E-state index contributed by atoms with van der Waals surface area (Å²) in [6.07, 6.45) is 17.1. The van der Waals surface area contributed by atoms with Crippen LogP contribution in [0.25, 0.3) is 55.0 Å². The molecule has 6 aromatic carbocycles. The van der Waals surface area contributed by atoms with Gasteiger partial charge in [-0.25, -0.2) is 0 Å². The Labute approximate surface area is 407 Å². The standard InChI is InChI=1S/C52H44Br4O6P2/c53-39-25-29-13-1-5-17-33(29)45(49(39)59-63-57-43-23-11-9-21-37(43)38-22-10-12-24-44(38)58-63)46-34-18-6-2-14-30(34)26-40(54)50(46)60-64-61-51-41(55)27-31-15-3-7-19-35(31)47(51)48-36-20-8-4-16-32(36)28-42(56)52(48)62-64/h9-12,21-28H,1-8,13-20H2. The zero-order chi connectivity index (χ0) is 43.1. The van der Waals surface area contributed by atoms with Crippen molar-refractivity contribution in [2.24, 2.45) is 0 Å². The van der Waals surface area contributed by atoms with Gasteiger partial charge in [0.2, 0.25) is 0 Å². The van der Waals surface area contributed by atoms with Gasteiger partial charge in [-0.05, 0) is 247 Å². The maximum Gasteiger partial charge on any atom is 0.453 e. The maximum absolute atomic E-state index is 7.42. The number of rotatable bonds is 5. The molecule has 4 aliphatic carbocycles. The zero-order valence-corrected chi connectivity index (χ0v) is 43.2. The summed E-state index contributed by atoms with van der Waals surface area (Å²) >= 11 is 16.2. The molecule has 0 fully saturated rings. The first-order valence-corrected chi connectivity index (χ1v) is 28.0. The minimum absolute atomic E-state index is 0.689. The third-order valence-corrected chi connectivity index (χ3v) is 18.2. The van der Waals surface area contributed by atoms with E-state index in [0.29, 0.717) is 11.5 Å². The molecule has 0 N–H and O–H groups in total. The van der Waals surface area contributed by atoms with Gasteiger partial charge < -0.3 is 25.8 Å². The molecule has 0 amide bonds. The van der Waals surface area contributed by atoms with E-state index in [-0.39, 0.29) is 0 Å². The second-order valence-corrected chi connectivity index (χ2v) is 23.0. The van der Waals surface area contributed by atoms with Gasteiger partial charge in [-0.3, -0.25) is 0 Å². The Balaban J connectivity index is 1.13. The van der Waals surface area contributed by atoms with E-state index in [1.807, 2.05) is 36.4 Å². The van der Waals surface area contributed by atoms with Crippen molar-refractivity contribution in [1.82, 2.24) is 0 Å². The molecule has 2 aromatic heterocycles. The highest BCUT2D eigenvalue weighted by Crippen LogP contribution is 2.56. The molecule has 6 nitrogen and oxygen atoms in total. The van der Waals surface area contributed by atoms with Crippen LogP contribution in [0.4, 0.5) is 0 Å². The van der Waals surface area contributed by atoms with Crippen molar-refractivity contribution in [3.63, 3.8) is 0 Å². The highest BCUT2D eigenvalue weighted by atomic mass is 79.9. The Bertz CT molecular complexity index is 3180. The Hall–Kier alpha value is -3.36. The first-order valence-electron chi connectivity index (χ1n) is 22.6. The number of hydrogen-bond donors (Lipinski definition) is 0. The van der Waals surface area contributed by atoms with Gasteiger partial charge >= 0.3 is 16.5 Å². The molecule has 12 rings (SSSR count). The van der Waals surface area contributed by atoms with Gasteiger partial charge in [0, 0.05) is 32.7 Å². The number of para-hydroxylation sites is 2. The molecule has 0 spiro atoms. The Morgan fingerprint density at radius 2 is 0.734 bits per heavy atom. The number of hydrogen-bond acceptors (Lipinski definition) is 6. The third-order valence-electron chi connectivity index (χ3n) is 13.8. The fourth-order valence-corrected chi connectivity index (χ4v) is 15.9. The van der Waals surface area contributed by atoms with Crippen LogP contribution in [0.15, 0.2) is 107 Å². The number of fused-ring (bicyclic) bond motifs is 12. The van der Waals surface area contributed by atoms with Gasteiger partial charge in [0.15, 0.2) is 22.7 Å². The predicted octanol–water partition coefficient (Wildman–Crippen LogP) is 18.8. The van der Waals surface area contributed by atoms with Crippen LogP contribution in [0.3, 0.4) is 0 Å². The highest BCUT2D eigenvalue weighted by molar-refractivity contribution is 9.11. The van der Waals surface area contributed by atoms with Crippen LogP contribution in [-0.4, -0.2) is 0 Å². The summed E-state index contributed by atoms with van der Waals surface area (Å²) in [6, 6.07) is 25.3. The topological polar surface area (TPSA) is 71.0 Å². The monoisotopic (exact) mass is 1140 g/mol. The molecule has 0 saturated carbocycles. The molecule has 0 aliphatic heterocycles. The SMILES string of the molecule is Brc1cc2c(c(-c3c4c(cc(Br)c3Op3oc5c(Br)cc6c(c5c5c7c(cc(Br)c5o3)CCCC7)CCCC6)CCCC4)c1Op1oc3ccccc3c3ccccc3o1)CCCC2. The summed E-state index contributed by atoms with van der Waals surface area (Å²) in [5.41, 5.74) is 15.9. The van der Waals surface area contributed by atoms with Gasteiger partial charge in [-0.15, -0.1) is 0 Å². The van der Waals surface area contributed by atoms with Crippen LogP contribution >= 0.6 is 80.2 Å². The summed E-state index contributed by atoms with van der Waals surface area (Å²) < 4.78 is 46.0. The molecule has 64 heavy (non-hydrogen) atoms. The highest BCUT2D eigenvalue weighted by Gasteiger charge is 2.32. The van der Waals surface area contributed by atoms with E-state index in [4.69, 9.17) is 25.8 Å². The lowest BCUT2D eigenvalue weighted by atomic mass is 9.80. The maximum atomic E-state index is 7.42. The molecule has 0 saturated heterocycles. The Morgan fingerprint density at radius 1 is 0.391 bits per heavy atom. The smallest absolute Gasteiger partial charge is 0.390 e. The first-order chi connectivity index (χ1) is 31.4. The lowest BCUT2D eigenvalue weighted by Gasteiger charge is -2.28. The van der Waals surface area contributed by atoms with Crippen LogP contribution in [0.2, 0.25) is 0 Å². The Morgan fingerprint density at radius 3 is 1.17 bits per heavy atom. The molecule has 326 valence electrons. The molecular formula is C52H44Br4O6P2. The molecule has 2 heterocycles. The lowest BCUT2D eigenvalue weighted by Crippen LogP contribution is -2.11. The molecule has 0 bridgehead atoms. The van der Waals surface area contributed by atoms with Gasteiger partial charge in [0.1, 0.15) is 11.2 Å². The van der Waals surface area contributed by atoms with Crippen molar-refractivity contribution in [3.05, 3.63) is 135 Å². The minimum Gasteiger partial charge on any atom is -0.390 e. The van der Waals surface area contributed by atoms with Crippen molar-refractivity contribution in [2.45, 2.75) is 103 Å². The van der Waals surface area contributed by atoms with Crippen molar-refractivity contribution in [1.29, 1.82) is 0 Å². The Kier molecular flexibility index (Phi) is 11.4. The van der Waals surface area contributed by atoms with Crippen molar-refractivity contribution in [2.75, 3.05) is 0 Å². The normalized spacial score (nSPS) is 15.8. The van der Waals surface area contributed by atoms with E-state index in [1.165, 1.54) is 68.1 Å². The zero-order valence-electron chi connectivity index (χ0n) is 35.1. The van der Waals surface area contributed by atoms with E-state index in [9.17, 15) is 0 Å². The first kappa shape index (κ1) is 42.0. The van der Waals surface area contributed by atoms with Crippen LogP contribution in [0, 0.1) is 0 Å². The molecule has 0 unspecified atom stereocenters. The van der Waals surface area contributed by atoms with E-state index in [1.54, 1.807) is 0 Å². The quantitative estimate of drug-likeness (QED) is 0.171. The van der Waals surface area contributed by atoms with E-state index < -0.39 is 16.5 Å². The van der Waals surface area contributed by atoms with Crippen LogP contribution in [0.1, 0.15) is 95.9 Å². The number of halogens is 4. The lowest BCUT2D eigenvalue weighted by molar-refractivity contribution is 0.490. The molecule has 12 heteroatoms. The van der Waals surface area contributed by atoms with Gasteiger partial charge in [-0.2, -0.15) is 0 Å². The van der Waals surface area contributed by atoms with Gasteiger partial charge in [0.05, 0.1) is 17.9 Å². The predicted molar refractivity (Wildman–Crippen MR) is 274 cm³/mol. The van der Waals surface area contributed by atoms with Crippen molar-refractivity contribution >= 4 is 124 Å². The van der Waals surface area contributed by atoms with E-state index in [0.717, 1.165) is 152 Å². The average molecular weight is 1150 g/mol. The van der Waals surface area contributed by atoms with E-state index in [2.05, 4.69) is 100 Å². The number of benzene rings is 6. The van der Waals surface area contributed by atoms with E-state index >= 15 is 0 Å². The largest absolute Gasteiger partial charge is 0.453 e. The third kappa shape index (κ3) is 7.37. The summed E-state index contributed by atoms with van der Waals surface area (Å²) in [5.74, 6) is 1.39. The minimum atomic E-state index is -2.04. The molecule has 4 aliphatic rings. The second-order valence-electron chi connectivity index (χ2n) is 17.6. The summed E-state index contributed by atoms with van der Waals surface area (Å²) in [4.78, 5) is 0. The molecule has 8 aromatic rings. The summed E-state index contributed by atoms with van der Waals surface area (Å²) in [6.45, 7) is 0. The van der Waals surface area contributed by atoms with Crippen LogP contribution < -0.4 is 9.05 Å². The van der Waals surface area contributed by atoms with Crippen molar-refractivity contribution in [3.8, 4) is 22.6 Å². The molecular weight excluding hydrogens is 1100 g/mol. The second kappa shape index (κ2) is 17.4. The number of aryl methyl sites for hydroxylation is 6. The van der Waals surface area contributed by atoms with Gasteiger partial charge in [0.25, 0.3) is 0 Å². The van der Waals surface area contributed by atoms with Crippen molar-refractivity contribution < 1.29 is 25.8 Å². The fraction of sp³-hybridized carbons (Fsp3) is 0.308. The van der Waals surface area contributed by atoms with Gasteiger partial charge in [-0.1, -0.05) is 36.4 Å². The molecule has 0 atom stereocenters. The molecule has 0 radical (unpaired) electrons. The average Bonchev–Trinajstić information content (AvgIpc) is 3.59. The van der Waals surface area contributed by atoms with Crippen LogP contribution in [0.5, 0.6) is 11.5 Å². The fourth-order valence-electron chi connectivity index (χ4n) is 10.9. The van der Waals surface area contributed by atoms with Crippen LogP contribution in [-0.2, 0) is 51.4 Å². The summed E-state index contributed by atoms with van der Waals surface area (Å²) in [7, 11) is -3.98. The summed E-state index contributed by atoms with van der Waals surface area (Å²) in [5, 5.41) is 4.28.